The molecule has 25 heavy (non-hydrogen) atoms. The van der Waals surface area contributed by atoms with E-state index in [0.29, 0.717) is 0 Å². The van der Waals surface area contributed by atoms with Crippen molar-refractivity contribution in [1.29, 1.82) is 0 Å². The van der Waals surface area contributed by atoms with Crippen LogP contribution in [0.5, 0.6) is 0 Å². The zero-order chi connectivity index (χ0) is 17.2. The minimum Gasteiger partial charge on any atom is -0.461 e. The second-order valence-corrected chi connectivity index (χ2v) is 5.98. The van der Waals surface area contributed by atoms with E-state index in [2.05, 4.69) is 29.2 Å². The van der Waals surface area contributed by atoms with Gasteiger partial charge in [-0.15, -0.1) is 0 Å². The predicted octanol–water partition coefficient (Wildman–Crippen LogP) is 5.12. The summed E-state index contributed by atoms with van der Waals surface area (Å²) in [6.07, 6.45) is 1.81. The number of carbonyl (C=O) groups is 1. The Balaban J connectivity index is 2.06. The van der Waals surface area contributed by atoms with Gasteiger partial charge in [0.1, 0.15) is 6.61 Å². The standard InChI is InChI=1S/C22H17NO2/c1-15(24)25-14-17-8-6-10-19-20(17)13-16-7-2-3-9-18(16)22(19)21-11-4-5-12-23-21/h2-13H,14H2,1H3. The number of rotatable bonds is 3. The van der Waals surface area contributed by atoms with E-state index in [-0.39, 0.29) is 12.6 Å². The molecule has 0 radical (unpaired) electrons. The number of hydrogen-bond donors (Lipinski definition) is 0. The molecule has 0 aliphatic heterocycles. The summed E-state index contributed by atoms with van der Waals surface area (Å²) >= 11 is 0. The number of fused-ring (bicyclic) bond motifs is 2. The van der Waals surface area contributed by atoms with E-state index >= 15 is 0 Å². The summed E-state index contributed by atoms with van der Waals surface area (Å²) in [5, 5.41) is 4.51. The van der Waals surface area contributed by atoms with Crippen LogP contribution < -0.4 is 0 Å². The van der Waals surface area contributed by atoms with Crippen molar-refractivity contribution in [2.45, 2.75) is 13.5 Å². The van der Waals surface area contributed by atoms with E-state index < -0.39 is 0 Å². The monoisotopic (exact) mass is 327 g/mol. The molecule has 3 heteroatoms. The minimum atomic E-state index is -0.275. The highest BCUT2D eigenvalue weighted by Crippen LogP contribution is 2.36. The Labute approximate surface area is 145 Å². The first-order valence-electron chi connectivity index (χ1n) is 8.22. The summed E-state index contributed by atoms with van der Waals surface area (Å²) < 4.78 is 5.24. The Hall–Kier alpha value is -3.20. The van der Waals surface area contributed by atoms with Gasteiger partial charge in [-0.25, -0.2) is 0 Å². The highest BCUT2D eigenvalue weighted by atomic mass is 16.5. The van der Waals surface area contributed by atoms with Crippen LogP contribution in [0, 0.1) is 0 Å². The smallest absolute Gasteiger partial charge is 0.302 e. The van der Waals surface area contributed by atoms with Crippen LogP contribution in [0.1, 0.15) is 12.5 Å². The molecule has 3 aromatic carbocycles. The van der Waals surface area contributed by atoms with Crippen LogP contribution in [0.25, 0.3) is 32.8 Å². The number of nitrogens with zero attached hydrogens (tertiary/aromatic N) is 1. The molecule has 0 aliphatic rings. The van der Waals surface area contributed by atoms with E-state index in [0.717, 1.165) is 33.0 Å². The quantitative estimate of drug-likeness (QED) is 0.387. The summed E-state index contributed by atoms with van der Waals surface area (Å²) in [6, 6.07) is 22.5. The molecule has 0 bridgehead atoms. The molecule has 4 rings (SSSR count). The van der Waals surface area contributed by atoms with Gasteiger partial charge in [0.2, 0.25) is 0 Å². The van der Waals surface area contributed by atoms with Gasteiger partial charge in [0.25, 0.3) is 0 Å². The van der Waals surface area contributed by atoms with Crippen molar-refractivity contribution in [3.8, 4) is 11.3 Å². The first-order chi connectivity index (χ1) is 12.2. The summed E-state index contributed by atoms with van der Waals surface area (Å²) in [5.74, 6) is -0.275. The molecule has 4 aromatic rings. The number of hydrogen-bond acceptors (Lipinski definition) is 3. The number of benzene rings is 3. The van der Waals surface area contributed by atoms with Crippen molar-refractivity contribution in [2.24, 2.45) is 0 Å². The van der Waals surface area contributed by atoms with E-state index in [4.69, 9.17) is 4.74 Å². The molecule has 1 heterocycles. The van der Waals surface area contributed by atoms with Gasteiger partial charge in [0.15, 0.2) is 0 Å². The lowest BCUT2D eigenvalue weighted by Crippen LogP contribution is -2.00. The Kier molecular flexibility index (Phi) is 3.90. The minimum absolute atomic E-state index is 0.271. The second kappa shape index (κ2) is 6.36. The van der Waals surface area contributed by atoms with Crippen LogP contribution in [-0.2, 0) is 16.1 Å². The Morgan fingerprint density at radius 1 is 0.920 bits per heavy atom. The maximum Gasteiger partial charge on any atom is 0.302 e. The number of esters is 1. The van der Waals surface area contributed by atoms with Crippen LogP contribution in [0.15, 0.2) is 72.9 Å². The Morgan fingerprint density at radius 2 is 1.72 bits per heavy atom. The molecule has 0 unspecified atom stereocenters. The molecular formula is C22H17NO2. The van der Waals surface area contributed by atoms with Crippen LogP contribution in [0.4, 0.5) is 0 Å². The third-order valence-electron chi connectivity index (χ3n) is 4.35. The number of aromatic nitrogens is 1. The topological polar surface area (TPSA) is 39.2 Å². The van der Waals surface area contributed by atoms with Gasteiger partial charge in [-0.1, -0.05) is 48.5 Å². The highest BCUT2D eigenvalue weighted by molar-refractivity contribution is 6.12. The molecule has 0 aliphatic carbocycles. The van der Waals surface area contributed by atoms with E-state index in [1.54, 1.807) is 0 Å². The molecule has 0 atom stereocenters. The van der Waals surface area contributed by atoms with E-state index in [9.17, 15) is 4.79 Å². The first kappa shape index (κ1) is 15.3. The first-order valence-corrected chi connectivity index (χ1v) is 8.22. The van der Waals surface area contributed by atoms with Crippen molar-refractivity contribution >= 4 is 27.5 Å². The largest absolute Gasteiger partial charge is 0.461 e. The molecule has 1 aromatic heterocycles. The number of carbonyl (C=O) groups excluding carboxylic acids is 1. The van der Waals surface area contributed by atoms with Gasteiger partial charge in [0.05, 0.1) is 5.69 Å². The molecular weight excluding hydrogens is 310 g/mol. The third kappa shape index (κ3) is 2.85. The number of ether oxygens (including phenoxy) is 1. The van der Waals surface area contributed by atoms with Crippen molar-refractivity contribution in [1.82, 2.24) is 4.98 Å². The van der Waals surface area contributed by atoms with E-state index in [1.807, 2.05) is 48.7 Å². The molecule has 122 valence electrons. The molecule has 0 saturated carbocycles. The van der Waals surface area contributed by atoms with Gasteiger partial charge in [-0.05, 0) is 45.3 Å². The van der Waals surface area contributed by atoms with Crippen LogP contribution in [0.2, 0.25) is 0 Å². The lowest BCUT2D eigenvalue weighted by Gasteiger charge is -2.14. The fourth-order valence-corrected chi connectivity index (χ4v) is 3.24. The lowest BCUT2D eigenvalue weighted by molar-refractivity contribution is -0.142. The molecule has 0 fully saturated rings. The predicted molar refractivity (Wildman–Crippen MR) is 100 cm³/mol. The van der Waals surface area contributed by atoms with Crippen LogP contribution >= 0.6 is 0 Å². The average Bonchev–Trinajstić information content (AvgIpc) is 2.65. The van der Waals surface area contributed by atoms with Gasteiger partial charge in [-0.2, -0.15) is 0 Å². The molecule has 0 saturated heterocycles. The third-order valence-corrected chi connectivity index (χ3v) is 4.35. The van der Waals surface area contributed by atoms with E-state index in [1.165, 1.54) is 12.3 Å². The summed E-state index contributed by atoms with van der Waals surface area (Å²) in [4.78, 5) is 15.8. The maximum atomic E-state index is 11.2. The number of pyridine rings is 1. The lowest BCUT2D eigenvalue weighted by atomic mass is 9.92. The van der Waals surface area contributed by atoms with Crippen LogP contribution in [0.3, 0.4) is 0 Å². The molecule has 0 spiro atoms. The Morgan fingerprint density at radius 3 is 2.52 bits per heavy atom. The zero-order valence-corrected chi connectivity index (χ0v) is 13.9. The normalized spacial score (nSPS) is 10.9. The molecule has 0 N–H and O–H groups in total. The molecule has 3 nitrogen and oxygen atoms in total. The fraction of sp³-hybridized carbons (Fsp3) is 0.0909. The van der Waals surface area contributed by atoms with Crippen molar-refractivity contribution in [2.75, 3.05) is 0 Å². The van der Waals surface area contributed by atoms with Gasteiger partial charge in [0, 0.05) is 18.7 Å². The van der Waals surface area contributed by atoms with Crippen molar-refractivity contribution < 1.29 is 9.53 Å². The molecule has 0 amide bonds. The van der Waals surface area contributed by atoms with Gasteiger partial charge < -0.3 is 4.74 Å². The van der Waals surface area contributed by atoms with Gasteiger partial charge in [-0.3, -0.25) is 9.78 Å². The van der Waals surface area contributed by atoms with Crippen molar-refractivity contribution in [3.63, 3.8) is 0 Å². The highest BCUT2D eigenvalue weighted by Gasteiger charge is 2.13. The summed E-state index contributed by atoms with van der Waals surface area (Å²) in [5.41, 5.74) is 3.04. The average molecular weight is 327 g/mol. The summed E-state index contributed by atoms with van der Waals surface area (Å²) in [7, 11) is 0. The SMILES string of the molecule is CC(=O)OCc1cccc2c(-c3ccccn3)c3ccccc3cc12. The summed E-state index contributed by atoms with van der Waals surface area (Å²) in [6.45, 7) is 1.70. The van der Waals surface area contributed by atoms with Crippen molar-refractivity contribution in [3.05, 3.63) is 78.5 Å². The second-order valence-electron chi connectivity index (χ2n) is 5.98. The Bertz CT molecular complexity index is 1070. The fourth-order valence-electron chi connectivity index (χ4n) is 3.24. The van der Waals surface area contributed by atoms with Crippen LogP contribution in [-0.4, -0.2) is 11.0 Å². The van der Waals surface area contributed by atoms with Gasteiger partial charge >= 0.3 is 5.97 Å². The maximum absolute atomic E-state index is 11.2. The zero-order valence-electron chi connectivity index (χ0n) is 13.9.